The molecule has 1 aliphatic rings. The summed E-state index contributed by atoms with van der Waals surface area (Å²) in [6.07, 6.45) is 2.10. The smallest absolute Gasteiger partial charge is 0.0637 e. The van der Waals surface area contributed by atoms with Gasteiger partial charge < -0.3 is 16.0 Å². The standard InChI is InChI=1S/C14H22ClN3/c1-11-9-14(10-16,7-8-18(11)2)17-13-6-4-3-5-12(13)15/h3-6,11,17H,7-10,16H2,1-2H3. The molecule has 0 radical (unpaired) electrons. The Balaban J connectivity index is 2.16. The van der Waals surface area contributed by atoms with Gasteiger partial charge in [0.1, 0.15) is 0 Å². The zero-order valence-electron chi connectivity index (χ0n) is 11.1. The lowest BCUT2D eigenvalue weighted by Gasteiger charge is -2.45. The van der Waals surface area contributed by atoms with E-state index in [0.717, 1.165) is 30.1 Å². The van der Waals surface area contributed by atoms with Gasteiger partial charge in [-0.15, -0.1) is 0 Å². The van der Waals surface area contributed by atoms with Crippen molar-refractivity contribution in [3.63, 3.8) is 0 Å². The highest BCUT2D eigenvalue weighted by Gasteiger charge is 2.36. The van der Waals surface area contributed by atoms with Crippen molar-refractivity contribution in [1.82, 2.24) is 4.90 Å². The zero-order valence-corrected chi connectivity index (χ0v) is 11.9. The predicted octanol–water partition coefficient (Wildman–Crippen LogP) is 2.56. The number of halogens is 1. The topological polar surface area (TPSA) is 41.3 Å². The van der Waals surface area contributed by atoms with Crippen molar-refractivity contribution in [1.29, 1.82) is 0 Å². The maximum absolute atomic E-state index is 6.21. The highest BCUT2D eigenvalue weighted by Crippen LogP contribution is 2.31. The second-order valence-corrected chi connectivity index (χ2v) is 5.78. The number of piperidine rings is 1. The van der Waals surface area contributed by atoms with Crippen LogP contribution in [0.2, 0.25) is 5.02 Å². The summed E-state index contributed by atoms with van der Waals surface area (Å²) in [5.74, 6) is 0. The first-order valence-corrected chi connectivity index (χ1v) is 6.87. The highest BCUT2D eigenvalue weighted by atomic mass is 35.5. The Hall–Kier alpha value is -0.770. The molecule has 18 heavy (non-hydrogen) atoms. The van der Waals surface area contributed by atoms with Crippen LogP contribution >= 0.6 is 11.6 Å². The van der Waals surface area contributed by atoms with Crippen molar-refractivity contribution < 1.29 is 0 Å². The van der Waals surface area contributed by atoms with Crippen molar-refractivity contribution >= 4 is 17.3 Å². The van der Waals surface area contributed by atoms with Gasteiger partial charge in [0.25, 0.3) is 0 Å². The lowest BCUT2D eigenvalue weighted by atomic mass is 9.83. The van der Waals surface area contributed by atoms with Crippen molar-refractivity contribution in [2.75, 3.05) is 25.5 Å². The first kappa shape index (κ1) is 13.7. The first-order chi connectivity index (χ1) is 8.56. The Labute approximate surface area is 114 Å². The molecule has 2 atom stereocenters. The van der Waals surface area contributed by atoms with E-state index in [0.29, 0.717) is 12.6 Å². The van der Waals surface area contributed by atoms with Crippen LogP contribution < -0.4 is 11.1 Å². The monoisotopic (exact) mass is 267 g/mol. The Morgan fingerprint density at radius 1 is 1.50 bits per heavy atom. The second kappa shape index (κ2) is 5.47. The summed E-state index contributed by atoms with van der Waals surface area (Å²) in [4.78, 5) is 2.38. The fourth-order valence-corrected chi connectivity index (χ4v) is 2.82. The Morgan fingerprint density at radius 3 is 2.83 bits per heavy atom. The number of likely N-dealkylation sites (tertiary alicyclic amines) is 1. The van der Waals surface area contributed by atoms with Crippen LogP contribution in [0.4, 0.5) is 5.69 Å². The number of nitrogens with two attached hydrogens (primary N) is 1. The molecule has 0 bridgehead atoms. The van der Waals surface area contributed by atoms with E-state index in [2.05, 4.69) is 24.2 Å². The number of anilines is 1. The third kappa shape index (κ3) is 2.79. The highest BCUT2D eigenvalue weighted by molar-refractivity contribution is 6.33. The minimum absolute atomic E-state index is 0.0308. The molecule has 1 fully saturated rings. The average molecular weight is 268 g/mol. The molecule has 4 heteroatoms. The summed E-state index contributed by atoms with van der Waals surface area (Å²) in [5, 5.41) is 4.34. The number of hydrogen-bond acceptors (Lipinski definition) is 3. The SMILES string of the molecule is CC1CC(CN)(Nc2ccccc2Cl)CCN1C. The number of para-hydroxylation sites is 1. The summed E-state index contributed by atoms with van der Waals surface area (Å²) in [7, 11) is 2.17. The number of hydrogen-bond donors (Lipinski definition) is 2. The van der Waals surface area contributed by atoms with E-state index >= 15 is 0 Å². The van der Waals surface area contributed by atoms with E-state index in [1.807, 2.05) is 24.3 Å². The average Bonchev–Trinajstić information content (AvgIpc) is 2.37. The van der Waals surface area contributed by atoms with Gasteiger partial charge in [-0.3, -0.25) is 0 Å². The lowest BCUT2D eigenvalue weighted by Crippen LogP contribution is -2.55. The van der Waals surface area contributed by atoms with E-state index in [1.165, 1.54) is 0 Å². The van der Waals surface area contributed by atoms with Gasteiger partial charge in [0.2, 0.25) is 0 Å². The Bertz CT molecular complexity index is 410. The number of nitrogens with one attached hydrogen (secondary N) is 1. The summed E-state index contributed by atoms with van der Waals surface area (Å²) >= 11 is 6.21. The van der Waals surface area contributed by atoms with Crippen LogP contribution in [0.3, 0.4) is 0 Å². The van der Waals surface area contributed by atoms with Gasteiger partial charge in [0, 0.05) is 19.1 Å². The fourth-order valence-electron chi connectivity index (χ4n) is 2.63. The molecule has 1 aromatic carbocycles. The van der Waals surface area contributed by atoms with Crippen molar-refractivity contribution in [3.8, 4) is 0 Å². The summed E-state index contributed by atoms with van der Waals surface area (Å²) < 4.78 is 0. The molecule has 1 saturated heterocycles. The molecule has 2 unspecified atom stereocenters. The van der Waals surface area contributed by atoms with E-state index in [-0.39, 0.29) is 5.54 Å². The molecule has 1 heterocycles. The third-order valence-corrected chi connectivity index (χ3v) is 4.38. The molecule has 0 aromatic heterocycles. The van der Waals surface area contributed by atoms with Crippen LogP contribution in [-0.4, -0.2) is 36.6 Å². The largest absolute Gasteiger partial charge is 0.377 e. The molecule has 3 nitrogen and oxygen atoms in total. The van der Waals surface area contributed by atoms with E-state index in [4.69, 9.17) is 17.3 Å². The van der Waals surface area contributed by atoms with Crippen LogP contribution in [0.5, 0.6) is 0 Å². The second-order valence-electron chi connectivity index (χ2n) is 5.37. The maximum atomic E-state index is 6.21. The lowest BCUT2D eigenvalue weighted by molar-refractivity contribution is 0.147. The summed E-state index contributed by atoms with van der Waals surface area (Å²) in [5.41, 5.74) is 6.98. The number of rotatable bonds is 3. The molecule has 3 N–H and O–H groups in total. The summed E-state index contributed by atoms with van der Waals surface area (Å²) in [6.45, 7) is 3.95. The molecule has 0 spiro atoms. The van der Waals surface area contributed by atoms with Gasteiger partial charge in [-0.25, -0.2) is 0 Å². The van der Waals surface area contributed by atoms with Crippen LogP contribution in [0.15, 0.2) is 24.3 Å². The molecular weight excluding hydrogens is 246 g/mol. The molecule has 0 saturated carbocycles. The molecule has 2 rings (SSSR count). The van der Waals surface area contributed by atoms with Gasteiger partial charge >= 0.3 is 0 Å². The van der Waals surface area contributed by atoms with Gasteiger partial charge in [0.15, 0.2) is 0 Å². The van der Waals surface area contributed by atoms with Gasteiger partial charge in [0.05, 0.1) is 16.2 Å². The minimum Gasteiger partial charge on any atom is -0.377 e. The van der Waals surface area contributed by atoms with Crippen molar-refractivity contribution in [3.05, 3.63) is 29.3 Å². The molecule has 0 amide bonds. The predicted molar refractivity (Wildman–Crippen MR) is 78.2 cm³/mol. The van der Waals surface area contributed by atoms with Crippen LogP contribution in [0.25, 0.3) is 0 Å². The van der Waals surface area contributed by atoms with Crippen LogP contribution in [0.1, 0.15) is 19.8 Å². The molecule has 100 valence electrons. The van der Waals surface area contributed by atoms with Gasteiger partial charge in [-0.1, -0.05) is 23.7 Å². The normalized spacial score (nSPS) is 29.2. The number of benzene rings is 1. The minimum atomic E-state index is -0.0308. The Kier molecular flexibility index (Phi) is 4.15. The van der Waals surface area contributed by atoms with Crippen LogP contribution in [-0.2, 0) is 0 Å². The summed E-state index contributed by atoms with van der Waals surface area (Å²) in [6, 6.07) is 8.41. The fraction of sp³-hybridized carbons (Fsp3) is 0.571. The molecule has 1 aliphatic heterocycles. The molecule has 1 aromatic rings. The zero-order chi connectivity index (χ0) is 13.2. The van der Waals surface area contributed by atoms with E-state index in [9.17, 15) is 0 Å². The third-order valence-electron chi connectivity index (χ3n) is 4.05. The van der Waals surface area contributed by atoms with E-state index < -0.39 is 0 Å². The van der Waals surface area contributed by atoms with Gasteiger partial charge in [-0.2, -0.15) is 0 Å². The van der Waals surface area contributed by atoms with Crippen molar-refractivity contribution in [2.45, 2.75) is 31.3 Å². The van der Waals surface area contributed by atoms with Crippen LogP contribution in [0, 0.1) is 0 Å². The Morgan fingerprint density at radius 2 is 2.22 bits per heavy atom. The van der Waals surface area contributed by atoms with E-state index in [1.54, 1.807) is 0 Å². The first-order valence-electron chi connectivity index (χ1n) is 6.49. The number of nitrogens with zero attached hydrogens (tertiary/aromatic N) is 1. The van der Waals surface area contributed by atoms with Crippen molar-refractivity contribution in [2.24, 2.45) is 5.73 Å². The van der Waals surface area contributed by atoms with Gasteiger partial charge in [-0.05, 0) is 38.9 Å². The maximum Gasteiger partial charge on any atom is 0.0637 e. The molecular formula is C14H22ClN3. The quantitative estimate of drug-likeness (QED) is 0.884. The molecule has 0 aliphatic carbocycles.